The first-order chi connectivity index (χ1) is 11.4. The second-order valence-corrected chi connectivity index (χ2v) is 10.3. The number of hydrogen-bond acceptors (Lipinski definition) is 1. The molecule has 130 valence electrons. The van der Waals surface area contributed by atoms with Gasteiger partial charge in [0.25, 0.3) is 0 Å². The largest absolute Gasteiger partial charge is 0.365 e. The summed E-state index contributed by atoms with van der Waals surface area (Å²) in [6.07, 6.45) is 8.62. The van der Waals surface area contributed by atoms with E-state index in [1.54, 1.807) is 5.56 Å². The van der Waals surface area contributed by atoms with Crippen molar-refractivity contribution in [1.82, 2.24) is 0 Å². The molecule has 1 heterocycles. The van der Waals surface area contributed by atoms with Crippen LogP contribution in [0.4, 0.5) is 0 Å². The van der Waals surface area contributed by atoms with Crippen LogP contribution in [0.25, 0.3) is 0 Å². The van der Waals surface area contributed by atoms with E-state index in [2.05, 4.69) is 58.0 Å². The Labute approximate surface area is 147 Å². The molecule has 1 nitrogen and oxygen atoms in total. The molecule has 1 aliphatic heterocycles. The van der Waals surface area contributed by atoms with Gasteiger partial charge in [-0.2, -0.15) is 0 Å². The van der Waals surface area contributed by atoms with Gasteiger partial charge in [0.15, 0.2) is 0 Å². The van der Waals surface area contributed by atoms with E-state index in [0.717, 1.165) is 5.92 Å². The molecule has 0 amide bonds. The summed E-state index contributed by atoms with van der Waals surface area (Å²) >= 11 is 0. The first kappa shape index (κ1) is 15.4. The molecule has 1 spiro atoms. The zero-order valence-electron chi connectivity index (χ0n) is 15.8. The van der Waals surface area contributed by atoms with Crippen molar-refractivity contribution in [2.75, 3.05) is 0 Å². The highest BCUT2D eigenvalue weighted by Gasteiger charge is 2.83. The summed E-state index contributed by atoms with van der Waals surface area (Å²) in [6, 6.07) is 11.3. The normalized spacial score (nSPS) is 51.4. The second-order valence-electron chi connectivity index (χ2n) is 10.3. The van der Waals surface area contributed by atoms with Crippen LogP contribution in [0.15, 0.2) is 30.3 Å². The quantitative estimate of drug-likeness (QED) is 0.582. The van der Waals surface area contributed by atoms with E-state index in [1.807, 2.05) is 0 Å². The maximum absolute atomic E-state index is 6.66. The molecule has 6 atom stereocenters. The Morgan fingerprint density at radius 2 is 1.67 bits per heavy atom. The van der Waals surface area contributed by atoms with Crippen LogP contribution in [0.3, 0.4) is 0 Å². The second kappa shape index (κ2) is 4.47. The Morgan fingerprint density at radius 1 is 0.917 bits per heavy atom. The summed E-state index contributed by atoms with van der Waals surface area (Å²) in [5, 5.41) is 0. The Hall–Kier alpha value is -0.820. The molecule has 5 rings (SSSR count). The van der Waals surface area contributed by atoms with Crippen LogP contribution >= 0.6 is 0 Å². The standard InChI is InChI=1S/C23H32O/c1-20(2)12-8-13-22(4)18(20)11-14-21(3)17(15-19-23(21,22)24-19)16-9-6-5-7-10-16/h5-7,9-10,17-19H,8,11-15H2,1-4H3/t17-,18+,19-,21-,22+,23?/m0/s1. The molecule has 3 saturated carbocycles. The fraction of sp³-hybridized carbons (Fsp3) is 0.739. The molecule has 24 heavy (non-hydrogen) atoms. The van der Waals surface area contributed by atoms with E-state index >= 15 is 0 Å². The third-order valence-corrected chi connectivity index (χ3v) is 9.02. The van der Waals surface area contributed by atoms with Crippen molar-refractivity contribution in [3.8, 4) is 0 Å². The van der Waals surface area contributed by atoms with Gasteiger partial charge in [0.1, 0.15) is 5.60 Å². The van der Waals surface area contributed by atoms with Gasteiger partial charge >= 0.3 is 0 Å². The minimum absolute atomic E-state index is 0.154. The third-order valence-electron chi connectivity index (χ3n) is 9.02. The molecule has 1 heteroatoms. The molecule has 3 aliphatic carbocycles. The van der Waals surface area contributed by atoms with Crippen LogP contribution in [-0.2, 0) is 4.74 Å². The summed E-state index contributed by atoms with van der Waals surface area (Å²) in [5.74, 6) is 1.51. The van der Waals surface area contributed by atoms with Crippen molar-refractivity contribution in [1.29, 1.82) is 0 Å². The van der Waals surface area contributed by atoms with E-state index in [4.69, 9.17) is 4.74 Å². The average molecular weight is 325 g/mol. The third kappa shape index (κ3) is 1.57. The molecular weight excluding hydrogens is 292 g/mol. The maximum Gasteiger partial charge on any atom is 0.106 e. The number of fused-ring (bicyclic) bond motifs is 1. The zero-order chi connectivity index (χ0) is 16.8. The topological polar surface area (TPSA) is 12.5 Å². The Kier molecular flexibility index (Phi) is 2.87. The molecule has 0 bridgehead atoms. The molecule has 0 radical (unpaired) electrons. The summed E-state index contributed by atoms with van der Waals surface area (Å²) < 4.78 is 6.66. The van der Waals surface area contributed by atoms with Crippen molar-refractivity contribution >= 4 is 0 Å². The Bertz CT molecular complexity index is 664. The van der Waals surface area contributed by atoms with Crippen molar-refractivity contribution in [2.24, 2.45) is 22.2 Å². The first-order valence-electron chi connectivity index (χ1n) is 10.1. The predicted octanol–water partition coefficient (Wildman–Crippen LogP) is 5.94. The summed E-state index contributed by atoms with van der Waals surface area (Å²) in [5.41, 5.74) is 2.87. The Morgan fingerprint density at radius 3 is 2.42 bits per heavy atom. The van der Waals surface area contributed by atoms with Crippen molar-refractivity contribution in [3.05, 3.63) is 35.9 Å². The highest BCUT2D eigenvalue weighted by molar-refractivity contribution is 5.38. The minimum Gasteiger partial charge on any atom is -0.365 e. The van der Waals surface area contributed by atoms with Gasteiger partial charge in [0.2, 0.25) is 0 Å². The monoisotopic (exact) mass is 324 g/mol. The molecule has 0 N–H and O–H groups in total. The SMILES string of the molecule is CC1(C)CCC[C@]2(C)[C@@H]1CC[C@@]1(C)[C@H](c3ccccc3)C[C@@H]3OC312. The smallest absolute Gasteiger partial charge is 0.106 e. The van der Waals surface area contributed by atoms with Gasteiger partial charge in [-0.25, -0.2) is 0 Å². The van der Waals surface area contributed by atoms with Gasteiger partial charge in [0.05, 0.1) is 6.10 Å². The van der Waals surface area contributed by atoms with Gasteiger partial charge < -0.3 is 4.74 Å². The van der Waals surface area contributed by atoms with Gasteiger partial charge in [-0.05, 0) is 54.9 Å². The van der Waals surface area contributed by atoms with Gasteiger partial charge in [-0.15, -0.1) is 0 Å². The predicted molar refractivity (Wildman–Crippen MR) is 98.0 cm³/mol. The summed E-state index contributed by atoms with van der Waals surface area (Å²) in [7, 11) is 0. The van der Waals surface area contributed by atoms with E-state index in [9.17, 15) is 0 Å². The molecule has 1 unspecified atom stereocenters. The number of rotatable bonds is 1. The lowest BCUT2D eigenvalue weighted by Crippen LogP contribution is -2.60. The number of hydrogen-bond donors (Lipinski definition) is 0. The van der Waals surface area contributed by atoms with Crippen LogP contribution < -0.4 is 0 Å². The number of epoxide rings is 1. The van der Waals surface area contributed by atoms with Crippen LogP contribution in [0.5, 0.6) is 0 Å². The molecule has 0 aromatic heterocycles. The van der Waals surface area contributed by atoms with E-state index in [1.165, 1.54) is 38.5 Å². The van der Waals surface area contributed by atoms with E-state index < -0.39 is 0 Å². The zero-order valence-corrected chi connectivity index (χ0v) is 15.8. The molecule has 4 aliphatic rings. The van der Waals surface area contributed by atoms with Gasteiger partial charge in [-0.3, -0.25) is 0 Å². The molecular formula is C23H32O. The van der Waals surface area contributed by atoms with E-state index in [0.29, 0.717) is 28.3 Å². The first-order valence-corrected chi connectivity index (χ1v) is 10.1. The lowest BCUT2D eigenvalue weighted by Gasteiger charge is -2.62. The fourth-order valence-corrected chi connectivity index (χ4v) is 8.06. The van der Waals surface area contributed by atoms with Crippen molar-refractivity contribution in [2.45, 2.75) is 83.8 Å². The lowest BCUT2D eigenvalue weighted by molar-refractivity contribution is -0.147. The maximum atomic E-state index is 6.66. The van der Waals surface area contributed by atoms with Gasteiger partial charge in [0, 0.05) is 10.8 Å². The summed E-state index contributed by atoms with van der Waals surface area (Å²) in [6.45, 7) is 10.2. The van der Waals surface area contributed by atoms with Crippen LogP contribution in [0.1, 0.15) is 77.7 Å². The van der Waals surface area contributed by atoms with E-state index in [-0.39, 0.29) is 5.60 Å². The molecule has 1 saturated heterocycles. The number of benzene rings is 1. The molecule has 1 aromatic carbocycles. The number of ether oxygens (including phenoxy) is 1. The Balaban J connectivity index is 1.60. The highest BCUT2D eigenvalue weighted by atomic mass is 16.6. The molecule has 1 aromatic rings. The average Bonchev–Trinajstić information content (AvgIpc) is 3.21. The van der Waals surface area contributed by atoms with Crippen LogP contribution in [-0.4, -0.2) is 11.7 Å². The van der Waals surface area contributed by atoms with Gasteiger partial charge in [-0.1, -0.05) is 64.4 Å². The van der Waals surface area contributed by atoms with Crippen molar-refractivity contribution < 1.29 is 4.74 Å². The van der Waals surface area contributed by atoms with Crippen LogP contribution in [0.2, 0.25) is 0 Å². The fourth-order valence-electron chi connectivity index (χ4n) is 8.06. The molecule has 4 fully saturated rings. The minimum atomic E-state index is 0.154. The lowest BCUT2D eigenvalue weighted by atomic mass is 9.42. The van der Waals surface area contributed by atoms with Crippen LogP contribution in [0, 0.1) is 22.2 Å². The van der Waals surface area contributed by atoms with Crippen molar-refractivity contribution in [3.63, 3.8) is 0 Å². The summed E-state index contributed by atoms with van der Waals surface area (Å²) in [4.78, 5) is 0. The highest BCUT2D eigenvalue weighted by Crippen LogP contribution is 2.80.